The van der Waals surface area contributed by atoms with E-state index in [0.717, 1.165) is 5.69 Å². The lowest BCUT2D eigenvalue weighted by Gasteiger charge is -1.96. The van der Waals surface area contributed by atoms with Gasteiger partial charge in [0.1, 0.15) is 6.20 Å². The first kappa shape index (κ1) is 8.43. The molecular weight excluding hydrogens is 182 g/mol. The van der Waals surface area contributed by atoms with Gasteiger partial charge in [0.2, 0.25) is 6.33 Å². The van der Waals surface area contributed by atoms with E-state index in [9.17, 15) is 10.1 Å². The molecule has 0 N–H and O–H groups in total. The number of hydrogen-bond acceptors (Lipinski definition) is 3. The van der Waals surface area contributed by atoms with E-state index in [1.807, 2.05) is 30.3 Å². The molecule has 0 amide bonds. The van der Waals surface area contributed by atoms with Crippen molar-refractivity contribution in [2.75, 3.05) is 0 Å². The van der Waals surface area contributed by atoms with E-state index in [4.69, 9.17) is 0 Å². The van der Waals surface area contributed by atoms with E-state index in [2.05, 4.69) is 4.98 Å². The summed E-state index contributed by atoms with van der Waals surface area (Å²) < 4.78 is 1.61. The maximum Gasteiger partial charge on any atom is 0.381 e. The number of nitro groups is 1. The molecular formula is C9H7N3O2. The van der Waals surface area contributed by atoms with Gasteiger partial charge in [-0.2, -0.15) is 0 Å². The Morgan fingerprint density at radius 2 is 2.00 bits per heavy atom. The molecule has 0 fully saturated rings. The first-order valence-corrected chi connectivity index (χ1v) is 4.01. The normalized spacial score (nSPS) is 10.0. The van der Waals surface area contributed by atoms with Crippen molar-refractivity contribution in [2.45, 2.75) is 0 Å². The zero-order valence-corrected chi connectivity index (χ0v) is 7.20. The smallest absolute Gasteiger partial charge is 0.358 e. The lowest BCUT2D eigenvalue weighted by Crippen LogP contribution is -1.89. The number of rotatable bonds is 2. The molecule has 1 aromatic heterocycles. The van der Waals surface area contributed by atoms with Crippen molar-refractivity contribution < 1.29 is 4.92 Å². The van der Waals surface area contributed by atoms with Crippen LogP contribution in [-0.4, -0.2) is 14.5 Å². The highest BCUT2D eigenvalue weighted by atomic mass is 16.6. The minimum absolute atomic E-state index is 0.145. The fourth-order valence-corrected chi connectivity index (χ4v) is 1.15. The Labute approximate surface area is 79.8 Å². The Bertz CT molecular complexity index is 450. The van der Waals surface area contributed by atoms with Gasteiger partial charge in [0.05, 0.1) is 0 Å². The third kappa shape index (κ3) is 1.47. The summed E-state index contributed by atoms with van der Waals surface area (Å²) in [5.41, 5.74) is 0.855. The molecule has 0 unspecified atom stereocenters. The zero-order chi connectivity index (χ0) is 9.97. The Hall–Kier alpha value is -2.17. The summed E-state index contributed by atoms with van der Waals surface area (Å²) in [5, 5.41) is 10.4. The molecule has 5 heteroatoms. The number of aromatic nitrogens is 2. The predicted molar refractivity (Wildman–Crippen MR) is 50.2 cm³/mol. The first-order chi connectivity index (χ1) is 6.77. The van der Waals surface area contributed by atoms with Crippen molar-refractivity contribution in [3.63, 3.8) is 0 Å². The average molecular weight is 189 g/mol. The van der Waals surface area contributed by atoms with Gasteiger partial charge in [0.15, 0.2) is 0 Å². The molecule has 2 aromatic rings. The number of hydrogen-bond donors (Lipinski definition) is 0. The van der Waals surface area contributed by atoms with E-state index < -0.39 is 4.92 Å². The largest absolute Gasteiger partial charge is 0.381 e. The maximum atomic E-state index is 10.4. The quantitative estimate of drug-likeness (QED) is 0.534. The summed E-state index contributed by atoms with van der Waals surface area (Å²) in [6, 6.07) is 9.31. The third-order valence-electron chi connectivity index (χ3n) is 1.81. The molecule has 0 saturated heterocycles. The van der Waals surface area contributed by atoms with Crippen LogP contribution in [0.5, 0.6) is 0 Å². The third-order valence-corrected chi connectivity index (χ3v) is 1.81. The Kier molecular flexibility index (Phi) is 1.98. The fraction of sp³-hybridized carbons (Fsp3) is 0. The van der Waals surface area contributed by atoms with Crippen LogP contribution in [0.1, 0.15) is 0 Å². The second kappa shape index (κ2) is 3.29. The van der Waals surface area contributed by atoms with Crippen molar-refractivity contribution in [3.05, 3.63) is 53.0 Å². The lowest BCUT2D eigenvalue weighted by molar-refractivity contribution is -0.389. The highest BCUT2D eigenvalue weighted by molar-refractivity contribution is 5.33. The van der Waals surface area contributed by atoms with Crippen LogP contribution in [0.3, 0.4) is 0 Å². The van der Waals surface area contributed by atoms with Gasteiger partial charge < -0.3 is 10.1 Å². The van der Waals surface area contributed by atoms with E-state index in [-0.39, 0.29) is 5.82 Å². The van der Waals surface area contributed by atoms with Gasteiger partial charge >= 0.3 is 5.82 Å². The van der Waals surface area contributed by atoms with Crippen molar-refractivity contribution in [1.82, 2.24) is 9.55 Å². The van der Waals surface area contributed by atoms with Crippen molar-refractivity contribution in [2.24, 2.45) is 0 Å². The van der Waals surface area contributed by atoms with Gasteiger partial charge in [-0.3, -0.25) is 4.57 Å². The molecule has 0 atom stereocenters. The van der Waals surface area contributed by atoms with Gasteiger partial charge in [-0.25, -0.2) is 0 Å². The number of benzene rings is 1. The monoisotopic (exact) mass is 189 g/mol. The maximum absolute atomic E-state index is 10.4. The van der Waals surface area contributed by atoms with Gasteiger partial charge in [-0.1, -0.05) is 18.2 Å². The fourth-order valence-electron chi connectivity index (χ4n) is 1.15. The molecule has 0 aliphatic rings. The van der Waals surface area contributed by atoms with Crippen molar-refractivity contribution >= 4 is 5.82 Å². The standard InChI is InChI=1S/C9H7N3O2/c13-12(14)9-6-11(7-10-9)8-4-2-1-3-5-8/h1-7H. The summed E-state index contributed by atoms with van der Waals surface area (Å²) >= 11 is 0. The predicted octanol–water partition coefficient (Wildman–Crippen LogP) is 1.78. The summed E-state index contributed by atoms with van der Waals surface area (Å²) in [7, 11) is 0. The molecule has 0 radical (unpaired) electrons. The molecule has 0 spiro atoms. The minimum Gasteiger partial charge on any atom is -0.358 e. The Morgan fingerprint density at radius 3 is 2.57 bits per heavy atom. The van der Waals surface area contributed by atoms with Crippen LogP contribution in [-0.2, 0) is 0 Å². The van der Waals surface area contributed by atoms with Crippen LogP contribution >= 0.6 is 0 Å². The SMILES string of the molecule is O=[N+]([O-])c1cn(-c2ccccc2)cn1. The topological polar surface area (TPSA) is 61.0 Å². The Balaban J connectivity index is 2.39. The first-order valence-electron chi connectivity index (χ1n) is 4.01. The van der Waals surface area contributed by atoms with Crippen LogP contribution in [0.4, 0.5) is 5.82 Å². The molecule has 5 nitrogen and oxygen atoms in total. The Morgan fingerprint density at radius 1 is 1.29 bits per heavy atom. The molecule has 1 aromatic carbocycles. The highest BCUT2D eigenvalue weighted by Crippen LogP contribution is 2.11. The van der Waals surface area contributed by atoms with Gasteiger partial charge in [-0.05, 0) is 22.0 Å². The summed E-state index contributed by atoms with van der Waals surface area (Å²) in [6.45, 7) is 0. The minimum atomic E-state index is -0.514. The van der Waals surface area contributed by atoms with Crippen LogP contribution in [0, 0.1) is 10.1 Å². The molecule has 2 rings (SSSR count). The van der Waals surface area contributed by atoms with Crippen LogP contribution in [0.15, 0.2) is 42.9 Å². The van der Waals surface area contributed by atoms with Crippen LogP contribution in [0.25, 0.3) is 5.69 Å². The zero-order valence-electron chi connectivity index (χ0n) is 7.20. The average Bonchev–Trinajstić information content (AvgIpc) is 2.68. The molecule has 0 saturated carbocycles. The summed E-state index contributed by atoms with van der Waals surface area (Å²) in [5.74, 6) is -0.145. The molecule has 1 heterocycles. The molecule has 0 aliphatic carbocycles. The van der Waals surface area contributed by atoms with E-state index >= 15 is 0 Å². The van der Waals surface area contributed by atoms with Gasteiger partial charge in [0, 0.05) is 5.69 Å². The van der Waals surface area contributed by atoms with Crippen molar-refractivity contribution in [1.29, 1.82) is 0 Å². The highest BCUT2D eigenvalue weighted by Gasteiger charge is 2.09. The summed E-state index contributed by atoms with van der Waals surface area (Å²) in [6.07, 6.45) is 2.81. The number of para-hydroxylation sites is 1. The summed E-state index contributed by atoms with van der Waals surface area (Å²) in [4.78, 5) is 13.5. The second-order valence-corrected chi connectivity index (χ2v) is 2.73. The van der Waals surface area contributed by atoms with E-state index in [1.54, 1.807) is 4.57 Å². The lowest BCUT2D eigenvalue weighted by atomic mass is 10.3. The molecule has 14 heavy (non-hydrogen) atoms. The molecule has 70 valence electrons. The van der Waals surface area contributed by atoms with Gasteiger partial charge in [-0.15, -0.1) is 0 Å². The second-order valence-electron chi connectivity index (χ2n) is 2.73. The van der Waals surface area contributed by atoms with E-state index in [0.29, 0.717) is 0 Å². The molecule has 0 aliphatic heterocycles. The number of imidazole rings is 1. The van der Waals surface area contributed by atoms with Crippen LogP contribution < -0.4 is 0 Å². The van der Waals surface area contributed by atoms with Crippen molar-refractivity contribution in [3.8, 4) is 5.69 Å². The van der Waals surface area contributed by atoms with Gasteiger partial charge in [0.25, 0.3) is 0 Å². The molecule has 0 bridgehead atoms. The van der Waals surface area contributed by atoms with Crippen LogP contribution in [0.2, 0.25) is 0 Å². The van der Waals surface area contributed by atoms with E-state index in [1.165, 1.54) is 12.5 Å². The number of nitrogens with zero attached hydrogens (tertiary/aromatic N) is 3.